The molecule has 1 heterocycles. The molecule has 0 spiro atoms. The van der Waals surface area contributed by atoms with Crippen LogP contribution in [0.25, 0.3) is 0 Å². The highest BCUT2D eigenvalue weighted by Crippen LogP contribution is 2.32. The number of carbonyl (C=O) groups excluding carboxylic acids is 1. The van der Waals surface area contributed by atoms with Gasteiger partial charge in [0.05, 0.1) is 12.1 Å². The van der Waals surface area contributed by atoms with E-state index in [2.05, 4.69) is 5.32 Å². The second-order valence-corrected chi connectivity index (χ2v) is 6.33. The summed E-state index contributed by atoms with van der Waals surface area (Å²) in [6.07, 6.45) is -4.35. The zero-order valence-corrected chi connectivity index (χ0v) is 14.7. The number of hydrogen-bond donors (Lipinski definition) is 1. The van der Waals surface area contributed by atoms with Gasteiger partial charge in [0.25, 0.3) is 0 Å². The number of alkyl halides is 3. The smallest absolute Gasteiger partial charge is 0.416 e. The van der Waals surface area contributed by atoms with Gasteiger partial charge in [0.15, 0.2) is 11.5 Å². The SMILES string of the molecule is CN(CC(=O)NCc1ccc2c(c1)OCO2)Cc1ccc(C(F)(F)F)cc1. The molecule has 1 amide bonds. The van der Waals surface area contributed by atoms with Crippen molar-refractivity contribution in [2.45, 2.75) is 19.3 Å². The zero-order chi connectivity index (χ0) is 19.4. The summed E-state index contributed by atoms with van der Waals surface area (Å²) in [5, 5.41) is 2.81. The number of fused-ring (bicyclic) bond motifs is 1. The Morgan fingerprint density at radius 1 is 1.07 bits per heavy atom. The summed E-state index contributed by atoms with van der Waals surface area (Å²) in [6, 6.07) is 10.4. The van der Waals surface area contributed by atoms with Crippen LogP contribution in [0.3, 0.4) is 0 Å². The number of nitrogens with one attached hydrogen (secondary N) is 1. The van der Waals surface area contributed by atoms with E-state index < -0.39 is 11.7 Å². The molecular formula is C19H19F3N2O3. The topological polar surface area (TPSA) is 50.8 Å². The number of carbonyl (C=O) groups is 1. The van der Waals surface area contributed by atoms with E-state index in [1.165, 1.54) is 12.1 Å². The van der Waals surface area contributed by atoms with E-state index in [-0.39, 0.29) is 19.2 Å². The van der Waals surface area contributed by atoms with Gasteiger partial charge in [-0.15, -0.1) is 0 Å². The average molecular weight is 380 g/mol. The largest absolute Gasteiger partial charge is 0.454 e. The van der Waals surface area contributed by atoms with Crippen molar-refractivity contribution < 1.29 is 27.4 Å². The minimum atomic E-state index is -4.35. The summed E-state index contributed by atoms with van der Waals surface area (Å²) in [6.45, 7) is 1.05. The molecular weight excluding hydrogens is 361 g/mol. The maximum Gasteiger partial charge on any atom is 0.416 e. The lowest BCUT2D eigenvalue weighted by molar-refractivity contribution is -0.137. The van der Waals surface area contributed by atoms with Crippen molar-refractivity contribution in [2.75, 3.05) is 20.4 Å². The first-order valence-electron chi connectivity index (χ1n) is 8.31. The number of rotatable bonds is 6. The molecule has 1 aliphatic heterocycles. The first kappa shape index (κ1) is 19.0. The molecule has 8 heteroatoms. The molecule has 0 atom stereocenters. The van der Waals surface area contributed by atoms with Gasteiger partial charge in [0.1, 0.15) is 0 Å². The highest BCUT2D eigenvalue weighted by Gasteiger charge is 2.29. The van der Waals surface area contributed by atoms with Crippen molar-refractivity contribution in [1.82, 2.24) is 10.2 Å². The number of amides is 1. The van der Waals surface area contributed by atoms with Crippen LogP contribution in [0.5, 0.6) is 11.5 Å². The molecule has 1 aliphatic rings. The molecule has 0 bridgehead atoms. The van der Waals surface area contributed by atoms with Crippen LogP contribution in [0.15, 0.2) is 42.5 Å². The van der Waals surface area contributed by atoms with Gasteiger partial charge < -0.3 is 14.8 Å². The lowest BCUT2D eigenvalue weighted by Crippen LogP contribution is -2.34. The number of likely N-dealkylation sites (N-methyl/N-ethyl adjacent to an activating group) is 1. The molecule has 2 aromatic rings. The normalized spacial score (nSPS) is 13.1. The first-order chi connectivity index (χ1) is 12.8. The molecule has 27 heavy (non-hydrogen) atoms. The monoisotopic (exact) mass is 380 g/mol. The van der Waals surface area contributed by atoms with Crippen molar-refractivity contribution >= 4 is 5.91 Å². The Morgan fingerprint density at radius 3 is 2.44 bits per heavy atom. The Labute approximate surface area is 154 Å². The predicted molar refractivity (Wildman–Crippen MR) is 92.2 cm³/mol. The predicted octanol–water partition coefficient (Wildman–Crippen LogP) is 3.18. The summed E-state index contributed by atoms with van der Waals surface area (Å²) in [5.74, 6) is 1.16. The average Bonchev–Trinajstić information content (AvgIpc) is 3.07. The molecule has 0 aliphatic carbocycles. The Morgan fingerprint density at radius 2 is 1.74 bits per heavy atom. The van der Waals surface area contributed by atoms with Crippen LogP contribution in [0.4, 0.5) is 13.2 Å². The quantitative estimate of drug-likeness (QED) is 0.836. The highest BCUT2D eigenvalue weighted by atomic mass is 19.4. The van der Waals surface area contributed by atoms with Gasteiger partial charge in [0.2, 0.25) is 12.7 Å². The van der Waals surface area contributed by atoms with E-state index in [9.17, 15) is 18.0 Å². The molecule has 0 aromatic heterocycles. The summed E-state index contributed by atoms with van der Waals surface area (Å²) in [4.78, 5) is 13.8. The Balaban J connectivity index is 1.46. The molecule has 2 aromatic carbocycles. The van der Waals surface area contributed by atoms with E-state index in [0.29, 0.717) is 30.2 Å². The van der Waals surface area contributed by atoms with Crippen LogP contribution >= 0.6 is 0 Å². The lowest BCUT2D eigenvalue weighted by atomic mass is 10.1. The summed E-state index contributed by atoms with van der Waals surface area (Å²) >= 11 is 0. The first-order valence-corrected chi connectivity index (χ1v) is 8.31. The minimum absolute atomic E-state index is 0.131. The number of nitrogens with zero attached hydrogens (tertiary/aromatic N) is 1. The van der Waals surface area contributed by atoms with Gasteiger partial charge in [-0.1, -0.05) is 18.2 Å². The second-order valence-electron chi connectivity index (χ2n) is 6.33. The fourth-order valence-corrected chi connectivity index (χ4v) is 2.72. The Bertz CT molecular complexity index is 807. The third-order valence-corrected chi connectivity index (χ3v) is 4.07. The van der Waals surface area contributed by atoms with Crippen LogP contribution in [0.2, 0.25) is 0 Å². The number of halogens is 3. The molecule has 0 radical (unpaired) electrons. The highest BCUT2D eigenvalue weighted by molar-refractivity contribution is 5.78. The van der Waals surface area contributed by atoms with Crippen LogP contribution in [0, 0.1) is 0 Å². The van der Waals surface area contributed by atoms with E-state index >= 15 is 0 Å². The molecule has 144 valence electrons. The standard InChI is InChI=1S/C19H19F3N2O3/c1-24(10-13-2-5-15(6-3-13)19(20,21)22)11-18(25)23-9-14-4-7-16-17(8-14)27-12-26-16/h2-8H,9-12H2,1H3,(H,23,25). The number of ether oxygens (including phenoxy) is 2. The van der Waals surface area contributed by atoms with Crippen LogP contribution in [0.1, 0.15) is 16.7 Å². The molecule has 0 unspecified atom stereocenters. The summed E-state index contributed by atoms with van der Waals surface area (Å²) in [7, 11) is 1.73. The van der Waals surface area contributed by atoms with Gasteiger partial charge in [-0.05, 0) is 42.4 Å². The van der Waals surface area contributed by atoms with Gasteiger partial charge in [0, 0.05) is 13.1 Å². The fraction of sp³-hybridized carbons (Fsp3) is 0.316. The van der Waals surface area contributed by atoms with Crippen LogP contribution in [-0.4, -0.2) is 31.2 Å². The third kappa shape index (κ3) is 5.13. The van der Waals surface area contributed by atoms with Gasteiger partial charge in [-0.25, -0.2) is 0 Å². The van der Waals surface area contributed by atoms with Crippen molar-refractivity contribution in [3.05, 3.63) is 59.2 Å². The number of benzene rings is 2. The molecule has 0 fully saturated rings. The summed E-state index contributed by atoms with van der Waals surface area (Å²) < 4.78 is 48.3. The van der Waals surface area contributed by atoms with Gasteiger partial charge in [-0.3, -0.25) is 9.69 Å². The molecule has 0 saturated heterocycles. The van der Waals surface area contributed by atoms with Crippen molar-refractivity contribution in [2.24, 2.45) is 0 Å². The lowest BCUT2D eigenvalue weighted by Gasteiger charge is -2.17. The van der Waals surface area contributed by atoms with Crippen molar-refractivity contribution in [1.29, 1.82) is 0 Å². The van der Waals surface area contributed by atoms with Crippen LogP contribution in [-0.2, 0) is 24.1 Å². The van der Waals surface area contributed by atoms with E-state index in [1.807, 2.05) is 12.1 Å². The van der Waals surface area contributed by atoms with E-state index in [1.54, 1.807) is 18.0 Å². The Hall–Kier alpha value is -2.74. The maximum atomic E-state index is 12.6. The van der Waals surface area contributed by atoms with E-state index in [0.717, 1.165) is 17.7 Å². The molecule has 0 saturated carbocycles. The summed E-state index contributed by atoms with van der Waals surface area (Å²) in [5.41, 5.74) is 0.905. The molecule has 5 nitrogen and oxygen atoms in total. The fourth-order valence-electron chi connectivity index (χ4n) is 2.72. The Kier molecular flexibility index (Phi) is 5.55. The van der Waals surface area contributed by atoms with E-state index in [4.69, 9.17) is 9.47 Å². The van der Waals surface area contributed by atoms with Gasteiger partial charge >= 0.3 is 6.18 Å². The van der Waals surface area contributed by atoms with Crippen molar-refractivity contribution in [3.8, 4) is 11.5 Å². The number of hydrogen-bond acceptors (Lipinski definition) is 4. The minimum Gasteiger partial charge on any atom is -0.454 e. The molecule has 1 N–H and O–H groups in total. The van der Waals surface area contributed by atoms with Gasteiger partial charge in [-0.2, -0.15) is 13.2 Å². The maximum absolute atomic E-state index is 12.6. The van der Waals surface area contributed by atoms with Crippen molar-refractivity contribution in [3.63, 3.8) is 0 Å². The third-order valence-electron chi connectivity index (χ3n) is 4.07. The zero-order valence-electron chi connectivity index (χ0n) is 14.7. The molecule has 3 rings (SSSR count). The second kappa shape index (κ2) is 7.87. The van der Waals surface area contributed by atoms with Crippen LogP contribution < -0.4 is 14.8 Å².